The molecule has 0 saturated heterocycles. The van der Waals surface area contributed by atoms with Crippen molar-refractivity contribution in [1.29, 1.82) is 0 Å². The first kappa shape index (κ1) is 21.7. The first-order valence-electron chi connectivity index (χ1n) is 9.40. The van der Waals surface area contributed by atoms with Crippen molar-refractivity contribution in [1.82, 2.24) is 0 Å². The molecule has 0 aliphatic carbocycles. The van der Waals surface area contributed by atoms with E-state index < -0.39 is 11.9 Å². The monoisotopic (exact) mass is 386 g/mol. The molecular formula is C23H30O5. The van der Waals surface area contributed by atoms with Crippen LogP contribution in [0.25, 0.3) is 11.3 Å². The normalized spacial score (nSPS) is 12.0. The van der Waals surface area contributed by atoms with E-state index in [1.165, 1.54) is 6.26 Å². The van der Waals surface area contributed by atoms with E-state index in [0.29, 0.717) is 11.3 Å². The van der Waals surface area contributed by atoms with Gasteiger partial charge in [0.15, 0.2) is 0 Å². The van der Waals surface area contributed by atoms with Crippen molar-refractivity contribution in [2.45, 2.75) is 48.5 Å². The summed E-state index contributed by atoms with van der Waals surface area (Å²) in [5.74, 6) is -0.881. The average Bonchev–Trinajstić information content (AvgIpc) is 3.01. The molecule has 0 bridgehead atoms. The maximum absolute atomic E-state index is 12.9. The van der Waals surface area contributed by atoms with Crippen LogP contribution in [0.2, 0.25) is 0 Å². The van der Waals surface area contributed by atoms with Gasteiger partial charge in [-0.1, -0.05) is 65.3 Å². The Hall–Kier alpha value is -2.56. The van der Waals surface area contributed by atoms with Crippen molar-refractivity contribution in [3.05, 3.63) is 47.2 Å². The predicted molar refractivity (Wildman–Crippen MR) is 108 cm³/mol. The molecule has 0 amide bonds. The van der Waals surface area contributed by atoms with E-state index >= 15 is 0 Å². The molecule has 0 spiro atoms. The SMILES string of the molecule is Cc1cccc(-c2occ(C(=O)OCC(C)(C)C)c2C(=O)OCC(C)(C)C)c1. The Labute approximate surface area is 167 Å². The Morgan fingerprint density at radius 1 is 0.929 bits per heavy atom. The number of hydrogen-bond donors (Lipinski definition) is 0. The van der Waals surface area contributed by atoms with Crippen LogP contribution in [0.15, 0.2) is 34.9 Å². The summed E-state index contributed by atoms with van der Waals surface area (Å²) in [6, 6.07) is 7.54. The zero-order valence-electron chi connectivity index (χ0n) is 17.8. The van der Waals surface area contributed by atoms with Crippen LogP contribution in [0.1, 0.15) is 67.8 Å². The number of furan rings is 1. The third-order valence-corrected chi connectivity index (χ3v) is 3.77. The smallest absolute Gasteiger partial charge is 0.343 e. The van der Waals surface area contributed by atoms with Gasteiger partial charge in [0.05, 0.1) is 13.2 Å². The molecule has 1 aromatic carbocycles. The van der Waals surface area contributed by atoms with Crippen LogP contribution in [0.4, 0.5) is 0 Å². The molecule has 0 aliphatic rings. The van der Waals surface area contributed by atoms with Gasteiger partial charge in [0, 0.05) is 5.56 Å². The van der Waals surface area contributed by atoms with Crippen LogP contribution in [-0.4, -0.2) is 25.2 Å². The second-order valence-corrected chi connectivity index (χ2v) is 9.50. The van der Waals surface area contributed by atoms with Crippen molar-refractivity contribution in [3.8, 4) is 11.3 Å². The molecule has 0 atom stereocenters. The minimum Gasteiger partial charge on any atom is -0.462 e. The van der Waals surface area contributed by atoms with Crippen LogP contribution >= 0.6 is 0 Å². The van der Waals surface area contributed by atoms with E-state index in [1.807, 2.05) is 72.7 Å². The lowest BCUT2D eigenvalue weighted by Gasteiger charge is -2.19. The predicted octanol–water partition coefficient (Wildman–Crippen LogP) is 5.66. The van der Waals surface area contributed by atoms with Gasteiger partial charge in [-0.3, -0.25) is 0 Å². The minimum absolute atomic E-state index is 0.0830. The summed E-state index contributed by atoms with van der Waals surface area (Å²) < 4.78 is 16.5. The topological polar surface area (TPSA) is 65.7 Å². The lowest BCUT2D eigenvalue weighted by atomic mass is 9.98. The maximum atomic E-state index is 12.9. The Kier molecular flexibility index (Phi) is 6.37. The fourth-order valence-electron chi connectivity index (χ4n) is 2.42. The van der Waals surface area contributed by atoms with Crippen molar-refractivity contribution < 1.29 is 23.5 Å². The summed E-state index contributed by atoms with van der Waals surface area (Å²) in [5, 5.41) is 0. The van der Waals surface area contributed by atoms with Crippen LogP contribution in [-0.2, 0) is 9.47 Å². The fourth-order valence-corrected chi connectivity index (χ4v) is 2.42. The van der Waals surface area contributed by atoms with E-state index in [4.69, 9.17) is 13.9 Å². The Balaban J connectivity index is 2.42. The molecule has 0 unspecified atom stereocenters. The van der Waals surface area contributed by atoms with Crippen LogP contribution in [0.3, 0.4) is 0 Å². The van der Waals surface area contributed by atoms with Gasteiger partial charge in [-0.2, -0.15) is 0 Å². The summed E-state index contributed by atoms with van der Waals surface area (Å²) in [5.41, 5.74) is 1.52. The molecule has 0 N–H and O–H groups in total. The number of ether oxygens (including phenoxy) is 2. The third-order valence-electron chi connectivity index (χ3n) is 3.77. The van der Waals surface area contributed by atoms with Crippen LogP contribution in [0.5, 0.6) is 0 Å². The number of esters is 2. The van der Waals surface area contributed by atoms with E-state index in [9.17, 15) is 9.59 Å². The number of carbonyl (C=O) groups is 2. The van der Waals surface area contributed by atoms with Crippen molar-refractivity contribution in [3.63, 3.8) is 0 Å². The number of carbonyl (C=O) groups excluding carboxylic acids is 2. The van der Waals surface area contributed by atoms with Gasteiger partial charge in [-0.05, 0) is 23.8 Å². The highest BCUT2D eigenvalue weighted by atomic mass is 16.5. The lowest BCUT2D eigenvalue weighted by Crippen LogP contribution is -2.22. The molecule has 1 aromatic heterocycles. The first-order valence-corrected chi connectivity index (χ1v) is 9.40. The standard InChI is InChI=1S/C23H30O5/c1-15-9-8-10-16(11-15)19-18(21(25)28-14-23(5,6)7)17(12-26-19)20(24)27-13-22(2,3)4/h8-12H,13-14H2,1-7H3. The molecule has 152 valence electrons. The molecule has 0 fully saturated rings. The molecular weight excluding hydrogens is 356 g/mol. The van der Waals surface area contributed by atoms with E-state index in [0.717, 1.165) is 5.56 Å². The molecule has 0 radical (unpaired) electrons. The summed E-state index contributed by atoms with van der Waals surface area (Å²) >= 11 is 0. The number of hydrogen-bond acceptors (Lipinski definition) is 5. The Morgan fingerprint density at radius 2 is 1.50 bits per heavy atom. The quantitative estimate of drug-likeness (QED) is 0.620. The van der Waals surface area contributed by atoms with Gasteiger partial charge in [-0.15, -0.1) is 0 Å². The minimum atomic E-state index is -0.597. The molecule has 0 saturated carbocycles. The highest BCUT2D eigenvalue weighted by molar-refractivity contribution is 6.07. The van der Waals surface area contributed by atoms with Gasteiger partial charge in [0.2, 0.25) is 0 Å². The van der Waals surface area contributed by atoms with E-state index in [2.05, 4.69) is 0 Å². The molecule has 2 aromatic rings. The second-order valence-electron chi connectivity index (χ2n) is 9.50. The Bertz CT molecular complexity index is 847. The molecule has 2 rings (SSSR count). The van der Waals surface area contributed by atoms with Gasteiger partial charge in [0.25, 0.3) is 0 Å². The highest BCUT2D eigenvalue weighted by Gasteiger charge is 2.30. The molecule has 5 nitrogen and oxygen atoms in total. The molecule has 1 heterocycles. The molecule has 5 heteroatoms. The van der Waals surface area contributed by atoms with E-state index in [-0.39, 0.29) is 35.2 Å². The van der Waals surface area contributed by atoms with Gasteiger partial charge >= 0.3 is 11.9 Å². The van der Waals surface area contributed by atoms with Gasteiger partial charge in [-0.25, -0.2) is 9.59 Å². The maximum Gasteiger partial charge on any atom is 0.343 e. The van der Waals surface area contributed by atoms with Gasteiger partial charge < -0.3 is 13.9 Å². The summed E-state index contributed by atoms with van der Waals surface area (Å²) in [7, 11) is 0. The summed E-state index contributed by atoms with van der Waals surface area (Å²) in [4.78, 5) is 25.5. The number of benzene rings is 1. The van der Waals surface area contributed by atoms with Crippen molar-refractivity contribution >= 4 is 11.9 Å². The number of aryl methyl sites for hydroxylation is 1. The zero-order chi connectivity index (χ0) is 21.1. The zero-order valence-corrected chi connectivity index (χ0v) is 17.8. The second kappa shape index (κ2) is 8.21. The largest absolute Gasteiger partial charge is 0.462 e. The third kappa shape index (κ3) is 5.98. The van der Waals surface area contributed by atoms with Crippen LogP contribution < -0.4 is 0 Å². The van der Waals surface area contributed by atoms with Crippen molar-refractivity contribution in [2.24, 2.45) is 10.8 Å². The first-order chi connectivity index (χ1) is 12.9. The van der Waals surface area contributed by atoms with Gasteiger partial charge in [0.1, 0.15) is 23.2 Å². The van der Waals surface area contributed by atoms with Crippen molar-refractivity contribution in [2.75, 3.05) is 13.2 Å². The Morgan fingerprint density at radius 3 is 2.04 bits per heavy atom. The average molecular weight is 386 g/mol. The fraction of sp³-hybridized carbons (Fsp3) is 0.478. The van der Waals surface area contributed by atoms with E-state index in [1.54, 1.807) is 0 Å². The summed E-state index contributed by atoms with van der Waals surface area (Å²) in [6.45, 7) is 14.2. The molecule has 28 heavy (non-hydrogen) atoms. The summed E-state index contributed by atoms with van der Waals surface area (Å²) in [6.07, 6.45) is 1.27. The lowest BCUT2D eigenvalue weighted by molar-refractivity contribution is 0.0324. The molecule has 0 aliphatic heterocycles. The highest BCUT2D eigenvalue weighted by Crippen LogP contribution is 2.31. The number of rotatable bonds is 5. The van der Waals surface area contributed by atoms with Crippen LogP contribution in [0, 0.1) is 17.8 Å².